The Morgan fingerprint density at radius 1 is 1.17 bits per heavy atom. The Balaban J connectivity index is 1.40. The molecule has 1 aliphatic carbocycles. The molecule has 0 bridgehead atoms. The minimum absolute atomic E-state index is 0.118. The fourth-order valence-electron chi connectivity index (χ4n) is 3.96. The largest absolute Gasteiger partial charge is 0.384 e. The molecule has 1 fully saturated rings. The molecular formula is C23H34N4O2. The van der Waals surface area contributed by atoms with Gasteiger partial charge in [0, 0.05) is 18.7 Å². The van der Waals surface area contributed by atoms with E-state index in [1.54, 1.807) is 0 Å². The number of rotatable bonds is 9. The lowest BCUT2D eigenvalue weighted by atomic mass is 9.97. The van der Waals surface area contributed by atoms with Gasteiger partial charge in [0.15, 0.2) is 12.4 Å². The van der Waals surface area contributed by atoms with Gasteiger partial charge in [-0.2, -0.15) is 0 Å². The van der Waals surface area contributed by atoms with Crippen molar-refractivity contribution in [2.24, 2.45) is 10.9 Å². The van der Waals surface area contributed by atoms with Gasteiger partial charge in [-0.15, -0.1) is 0 Å². The number of carbonyl (C=O) groups is 1. The smallest absolute Gasteiger partial charge is 0.260 e. The van der Waals surface area contributed by atoms with Crippen molar-refractivity contribution in [1.29, 1.82) is 0 Å². The molecule has 158 valence electrons. The summed E-state index contributed by atoms with van der Waals surface area (Å²) < 4.78 is 0. The van der Waals surface area contributed by atoms with Crippen molar-refractivity contribution in [1.82, 2.24) is 10.2 Å². The minimum Gasteiger partial charge on any atom is -0.384 e. The molecule has 0 saturated carbocycles. The molecule has 2 aliphatic rings. The number of hydrogen-bond donors (Lipinski definition) is 2. The highest BCUT2D eigenvalue weighted by Crippen LogP contribution is 2.19. The molecule has 1 amide bonds. The summed E-state index contributed by atoms with van der Waals surface area (Å²) in [4.78, 5) is 19.5. The van der Waals surface area contributed by atoms with Crippen LogP contribution in [0.15, 0.2) is 41.1 Å². The van der Waals surface area contributed by atoms with E-state index in [0.29, 0.717) is 12.4 Å². The highest BCUT2D eigenvalue weighted by molar-refractivity contribution is 5.97. The lowest BCUT2D eigenvalue weighted by Crippen LogP contribution is -2.29. The summed E-state index contributed by atoms with van der Waals surface area (Å²) in [6.07, 6.45) is 12.0. The zero-order chi connectivity index (χ0) is 20.3. The van der Waals surface area contributed by atoms with E-state index in [4.69, 9.17) is 10.6 Å². The third-order valence-electron chi connectivity index (χ3n) is 5.59. The van der Waals surface area contributed by atoms with Crippen molar-refractivity contribution < 1.29 is 9.63 Å². The van der Waals surface area contributed by atoms with Crippen LogP contribution in [0.5, 0.6) is 0 Å². The molecular weight excluding hydrogens is 364 g/mol. The third kappa shape index (κ3) is 7.54. The fourth-order valence-corrected chi connectivity index (χ4v) is 3.96. The van der Waals surface area contributed by atoms with E-state index in [0.717, 1.165) is 38.0 Å². The van der Waals surface area contributed by atoms with Gasteiger partial charge in [-0.3, -0.25) is 9.69 Å². The Labute approximate surface area is 174 Å². The number of amides is 1. The number of allylic oxidation sites excluding steroid dienone is 1. The molecule has 0 unspecified atom stereocenters. The second-order valence-electron chi connectivity index (χ2n) is 8.00. The van der Waals surface area contributed by atoms with Crippen LogP contribution in [0.4, 0.5) is 0 Å². The van der Waals surface area contributed by atoms with Crippen molar-refractivity contribution in [3.05, 3.63) is 47.0 Å². The summed E-state index contributed by atoms with van der Waals surface area (Å²) in [6.45, 7) is 3.77. The van der Waals surface area contributed by atoms with Gasteiger partial charge >= 0.3 is 0 Å². The molecule has 6 heteroatoms. The zero-order valence-electron chi connectivity index (χ0n) is 17.4. The maximum Gasteiger partial charge on any atom is 0.260 e. The maximum absolute atomic E-state index is 11.9. The number of likely N-dealkylation sites (tertiary alicyclic amines) is 1. The number of nitrogens with zero attached hydrogens (tertiary/aromatic N) is 2. The number of carbonyl (C=O) groups excluding carboxylic acids is 1. The van der Waals surface area contributed by atoms with Crippen LogP contribution in [0.25, 0.3) is 0 Å². The van der Waals surface area contributed by atoms with Crippen LogP contribution in [0.1, 0.15) is 62.5 Å². The van der Waals surface area contributed by atoms with Crippen LogP contribution in [0.3, 0.4) is 0 Å². The van der Waals surface area contributed by atoms with E-state index in [-0.39, 0.29) is 12.5 Å². The molecule has 3 rings (SSSR count). The highest BCUT2D eigenvalue weighted by atomic mass is 16.6. The Morgan fingerprint density at radius 3 is 2.83 bits per heavy atom. The van der Waals surface area contributed by atoms with Gasteiger partial charge in [-0.05, 0) is 69.7 Å². The molecule has 1 saturated heterocycles. The van der Waals surface area contributed by atoms with E-state index >= 15 is 0 Å². The van der Waals surface area contributed by atoms with E-state index in [1.807, 2.05) is 12.1 Å². The van der Waals surface area contributed by atoms with Crippen LogP contribution >= 0.6 is 0 Å². The number of nitrogens with two attached hydrogens (primary N) is 1. The molecule has 6 nitrogen and oxygen atoms in total. The summed E-state index contributed by atoms with van der Waals surface area (Å²) in [6, 6.07) is 8.07. The van der Waals surface area contributed by atoms with E-state index in [9.17, 15) is 4.79 Å². The summed E-state index contributed by atoms with van der Waals surface area (Å²) in [7, 11) is 0. The normalized spacial score (nSPS) is 18.2. The van der Waals surface area contributed by atoms with Gasteiger partial charge in [0.1, 0.15) is 0 Å². The molecule has 1 aromatic rings. The van der Waals surface area contributed by atoms with Crippen LogP contribution in [0.2, 0.25) is 0 Å². The second-order valence-corrected chi connectivity index (χ2v) is 8.00. The molecule has 0 aromatic heterocycles. The van der Waals surface area contributed by atoms with Crippen LogP contribution < -0.4 is 11.1 Å². The monoisotopic (exact) mass is 398 g/mol. The summed E-state index contributed by atoms with van der Waals surface area (Å²) in [5.41, 5.74) is 9.54. The van der Waals surface area contributed by atoms with E-state index < -0.39 is 0 Å². The van der Waals surface area contributed by atoms with Crippen LogP contribution in [-0.2, 0) is 16.2 Å². The summed E-state index contributed by atoms with van der Waals surface area (Å²) >= 11 is 0. The van der Waals surface area contributed by atoms with Gasteiger partial charge < -0.3 is 15.9 Å². The first-order valence-corrected chi connectivity index (χ1v) is 10.9. The first kappa shape index (κ1) is 21.4. The summed E-state index contributed by atoms with van der Waals surface area (Å²) in [5, 5.41) is 6.81. The number of hydrogen-bond acceptors (Lipinski definition) is 4. The van der Waals surface area contributed by atoms with Gasteiger partial charge in [-0.1, -0.05) is 41.4 Å². The number of oxime groups is 1. The Hall–Kier alpha value is -2.34. The average Bonchev–Trinajstić information content (AvgIpc) is 2.75. The fraction of sp³-hybridized carbons (Fsp3) is 0.565. The topological polar surface area (TPSA) is 80.0 Å². The number of piperidine rings is 1. The molecule has 1 aromatic carbocycles. The van der Waals surface area contributed by atoms with Crippen molar-refractivity contribution in [2.45, 2.75) is 57.9 Å². The van der Waals surface area contributed by atoms with Crippen molar-refractivity contribution in [2.75, 3.05) is 26.2 Å². The predicted molar refractivity (Wildman–Crippen MR) is 116 cm³/mol. The third-order valence-corrected chi connectivity index (χ3v) is 5.59. The first-order chi connectivity index (χ1) is 14.2. The quantitative estimate of drug-likeness (QED) is 0.289. The lowest BCUT2D eigenvalue weighted by molar-refractivity contribution is -0.125. The minimum atomic E-state index is -0.170. The molecule has 3 N–H and O–H groups in total. The first-order valence-electron chi connectivity index (χ1n) is 10.9. The Morgan fingerprint density at radius 2 is 2.03 bits per heavy atom. The molecule has 1 heterocycles. The van der Waals surface area contributed by atoms with E-state index in [1.165, 1.54) is 49.7 Å². The molecule has 1 aliphatic heterocycles. The van der Waals surface area contributed by atoms with Gasteiger partial charge in [0.25, 0.3) is 5.91 Å². The molecule has 0 atom stereocenters. The lowest BCUT2D eigenvalue weighted by Gasteiger charge is -2.26. The van der Waals surface area contributed by atoms with Crippen molar-refractivity contribution in [3.63, 3.8) is 0 Å². The number of benzene rings is 1. The van der Waals surface area contributed by atoms with Gasteiger partial charge in [-0.25, -0.2) is 0 Å². The number of amidine groups is 1. The maximum atomic E-state index is 11.9. The molecule has 29 heavy (non-hydrogen) atoms. The Bertz CT molecular complexity index is 723. The zero-order valence-corrected chi connectivity index (χ0v) is 17.4. The second kappa shape index (κ2) is 11.6. The van der Waals surface area contributed by atoms with Crippen LogP contribution in [-0.4, -0.2) is 42.9 Å². The van der Waals surface area contributed by atoms with Crippen LogP contribution in [0, 0.1) is 0 Å². The standard InChI is InChI=1S/C23H34N4O2/c24-23(21-11-7-10-20(16-21)17-27-14-5-2-6-15-27)26-29-18-22(28)25-13-12-19-8-3-1-4-9-19/h7-8,10-11,16H,1-6,9,12-15,17-18H2,(H2,24,26)(H,25,28). The summed E-state index contributed by atoms with van der Waals surface area (Å²) in [5.74, 6) is 0.127. The van der Waals surface area contributed by atoms with E-state index in [2.05, 4.69) is 33.6 Å². The molecule has 0 radical (unpaired) electrons. The Kier molecular flexibility index (Phi) is 8.56. The van der Waals surface area contributed by atoms with Crippen molar-refractivity contribution in [3.8, 4) is 0 Å². The number of nitrogens with one attached hydrogen (secondary N) is 1. The SMILES string of the molecule is N/C(=N/OCC(=O)NCCC1=CCCCC1)c1cccc(CN2CCCCC2)c1. The van der Waals surface area contributed by atoms with Gasteiger partial charge in [0.05, 0.1) is 0 Å². The highest BCUT2D eigenvalue weighted by Gasteiger charge is 2.11. The molecule has 0 spiro atoms. The van der Waals surface area contributed by atoms with Crippen molar-refractivity contribution >= 4 is 11.7 Å². The van der Waals surface area contributed by atoms with Gasteiger partial charge in [0.2, 0.25) is 0 Å². The average molecular weight is 399 g/mol. The predicted octanol–water partition coefficient (Wildman–Crippen LogP) is 3.32.